The van der Waals surface area contributed by atoms with Gasteiger partial charge in [0.1, 0.15) is 0 Å². The van der Waals surface area contributed by atoms with Crippen LogP contribution in [0.25, 0.3) is 0 Å². The first kappa shape index (κ1) is 11.5. The van der Waals surface area contributed by atoms with Gasteiger partial charge in [0.15, 0.2) is 0 Å². The van der Waals surface area contributed by atoms with E-state index < -0.39 is 0 Å². The van der Waals surface area contributed by atoms with Crippen molar-refractivity contribution in [2.75, 3.05) is 6.54 Å². The van der Waals surface area contributed by atoms with E-state index in [2.05, 4.69) is 6.58 Å². The maximum absolute atomic E-state index is 12.5. The number of fused-ring (bicyclic) bond motifs is 2. The molecule has 3 rings (SSSR count). The van der Waals surface area contributed by atoms with Crippen molar-refractivity contribution in [3.63, 3.8) is 0 Å². The van der Waals surface area contributed by atoms with E-state index in [1.807, 2.05) is 35.2 Å². The number of amides is 1. The normalized spacial score (nSPS) is 27.1. The Morgan fingerprint density at radius 2 is 2.00 bits per heavy atom. The van der Waals surface area contributed by atoms with E-state index in [1.54, 1.807) is 0 Å². The lowest BCUT2D eigenvalue weighted by atomic mass is 9.77. The van der Waals surface area contributed by atoms with Gasteiger partial charge in [-0.1, -0.05) is 30.4 Å². The van der Waals surface area contributed by atoms with Crippen LogP contribution in [-0.2, 0) is 0 Å². The third-order valence-corrected chi connectivity index (χ3v) is 4.34. The Bertz CT molecular complexity index is 465. The van der Waals surface area contributed by atoms with Crippen LogP contribution in [0.4, 0.5) is 0 Å². The van der Waals surface area contributed by atoms with Gasteiger partial charge in [0.05, 0.1) is 6.04 Å². The third-order valence-electron chi connectivity index (χ3n) is 4.34. The Labute approximate surface area is 108 Å². The summed E-state index contributed by atoms with van der Waals surface area (Å²) in [6.45, 7) is 5.06. The summed E-state index contributed by atoms with van der Waals surface area (Å²) in [4.78, 5) is 14.6. The van der Waals surface area contributed by atoms with Crippen molar-refractivity contribution in [1.29, 1.82) is 0 Å². The van der Waals surface area contributed by atoms with Crippen LogP contribution >= 0.6 is 0 Å². The Balaban J connectivity index is 1.83. The summed E-state index contributed by atoms with van der Waals surface area (Å²) in [5, 5.41) is 0. The van der Waals surface area contributed by atoms with Crippen molar-refractivity contribution in [2.45, 2.75) is 31.7 Å². The molecule has 0 radical (unpaired) electrons. The molecule has 18 heavy (non-hydrogen) atoms. The maximum Gasteiger partial charge on any atom is 0.254 e. The summed E-state index contributed by atoms with van der Waals surface area (Å²) < 4.78 is 0. The van der Waals surface area contributed by atoms with E-state index in [1.165, 1.54) is 12.0 Å². The van der Waals surface area contributed by atoms with E-state index in [0.717, 1.165) is 37.3 Å². The second-order valence-electron chi connectivity index (χ2n) is 5.47. The average molecular weight is 241 g/mol. The highest BCUT2D eigenvalue weighted by Crippen LogP contribution is 2.37. The lowest BCUT2D eigenvalue weighted by Gasteiger charge is -2.44. The molecular formula is C16H19NO. The summed E-state index contributed by atoms with van der Waals surface area (Å²) in [6.07, 6.45) is 4.64. The lowest BCUT2D eigenvalue weighted by molar-refractivity contribution is 0.0550. The first-order valence-corrected chi connectivity index (χ1v) is 6.79. The molecule has 1 saturated heterocycles. The Hall–Kier alpha value is -1.57. The van der Waals surface area contributed by atoms with Gasteiger partial charge in [-0.15, -0.1) is 0 Å². The molecular weight excluding hydrogens is 222 g/mol. The van der Waals surface area contributed by atoms with Gasteiger partial charge in [-0.05, 0) is 43.7 Å². The molecule has 2 nitrogen and oxygen atoms in total. The van der Waals surface area contributed by atoms with E-state index in [9.17, 15) is 4.79 Å². The molecule has 1 aliphatic carbocycles. The number of hydrogen-bond donors (Lipinski definition) is 0. The first-order chi connectivity index (χ1) is 8.75. The fraction of sp³-hybridized carbons (Fsp3) is 0.438. The van der Waals surface area contributed by atoms with E-state index in [4.69, 9.17) is 0 Å². The molecule has 0 N–H and O–H groups in total. The molecule has 2 fully saturated rings. The molecule has 1 aliphatic heterocycles. The van der Waals surface area contributed by atoms with Gasteiger partial charge in [-0.25, -0.2) is 0 Å². The van der Waals surface area contributed by atoms with Crippen LogP contribution in [0.1, 0.15) is 36.0 Å². The minimum atomic E-state index is 0.169. The number of nitrogens with zero attached hydrogens (tertiary/aromatic N) is 1. The van der Waals surface area contributed by atoms with Crippen LogP contribution in [0.2, 0.25) is 0 Å². The number of carbonyl (C=O) groups is 1. The molecule has 2 heteroatoms. The van der Waals surface area contributed by atoms with Crippen LogP contribution < -0.4 is 0 Å². The van der Waals surface area contributed by atoms with Crippen LogP contribution in [0.5, 0.6) is 0 Å². The first-order valence-electron chi connectivity index (χ1n) is 6.79. The lowest BCUT2D eigenvalue weighted by Crippen LogP contribution is -2.48. The van der Waals surface area contributed by atoms with Crippen LogP contribution in [0, 0.1) is 5.92 Å². The van der Waals surface area contributed by atoms with Crippen molar-refractivity contribution < 1.29 is 4.79 Å². The molecule has 2 aliphatic rings. The molecule has 1 aromatic rings. The van der Waals surface area contributed by atoms with E-state index in [0.29, 0.717) is 0 Å². The smallest absolute Gasteiger partial charge is 0.254 e. The van der Waals surface area contributed by atoms with Gasteiger partial charge < -0.3 is 4.90 Å². The quantitative estimate of drug-likeness (QED) is 0.691. The molecule has 0 spiro atoms. The van der Waals surface area contributed by atoms with Crippen LogP contribution in [-0.4, -0.2) is 23.4 Å². The summed E-state index contributed by atoms with van der Waals surface area (Å²) >= 11 is 0. The highest BCUT2D eigenvalue weighted by atomic mass is 16.2. The standard InChI is InChI=1S/C16H19NO/c1-12-7-8-13-9-10-17(15(12)11-13)16(18)14-5-3-2-4-6-14/h2-6,13,15H,1,7-11H2/t13-,15+/m1/s1. The van der Waals surface area contributed by atoms with E-state index in [-0.39, 0.29) is 11.9 Å². The van der Waals surface area contributed by atoms with Gasteiger partial charge in [-0.2, -0.15) is 0 Å². The number of hydrogen-bond acceptors (Lipinski definition) is 1. The SMILES string of the molecule is C=C1CC[C@@H]2CCN(C(=O)c3ccccc3)[C@H]1C2. The number of likely N-dealkylation sites (tertiary alicyclic amines) is 1. The topological polar surface area (TPSA) is 20.3 Å². The third kappa shape index (κ3) is 1.96. The molecule has 1 amide bonds. The van der Waals surface area contributed by atoms with Crippen LogP contribution in [0.3, 0.4) is 0 Å². The van der Waals surface area contributed by atoms with Crippen molar-refractivity contribution >= 4 is 5.91 Å². The minimum Gasteiger partial charge on any atom is -0.332 e. The predicted octanol–water partition coefficient (Wildman–Crippen LogP) is 3.26. The van der Waals surface area contributed by atoms with Crippen molar-refractivity contribution in [3.05, 3.63) is 48.0 Å². The van der Waals surface area contributed by atoms with Crippen molar-refractivity contribution in [2.24, 2.45) is 5.92 Å². The molecule has 1 saturated carbocycles. The van der Waals surface area contributed by atoms with Gasteiger partial charge >= 0.3 is 0 Å². The molecule has 2 atom stereocenters. The van der Waals surface area contributed by atoms with E-state index >= 15 is 0 Å². The Morgan fingerprint density at radius 3 is 2.78 bits per heavy atom. The zero-order valence-corrected chi connectivity index (χ0v) is 10.6. The Kier molecular flexibility index (Phi) is 2.94. The number of rotatable bonds is 1. The minimum absolute atomic E-state index is 0.169. The molecule has 1 heterocycles. The zero-order valence-electron chi connectivity index (χ0n) is 10.6. The second kappa shape index (κ2) is 4.60. The molecule has 0 unspecified atom stereocenters. The summed E-state index contributed by atoms with van der Waals surface area (Å²) in [5.41, 5.74) is 2.05. The molecule has 94 valence electrons. The molecule has 1 aromatic carbocycles. The molecule has 0 aromatic heterocycles. The van der Waals surface area contributed by atoms with Crippen LogP contribution in [0.15, 0.2) is 42.5 Å². The second-order valence-corrected chi connectivity index (χ2v) is 5.47. The fourth-order valence-corrected chi connectivity index (χ4v) is 3.23. The predicted molar refractivity (Wildman–Crippen MR) is 72.4 cm³/mol. The van der Waals surface area contributed by atoms with Crippen molar-refractivity contribution in [3.8, 4) is 0 Å². The Morgan fingerprint density at radius 1 is 1.22 bits per heavy atom. The monoisotopic (exact) mass is 241 g/mol. The largest absolute Gasteiger partial charge is 0.332 e. The summed E-state index contributed by atoms with van der Waals surface area (Å²) in [7, 11) is 0. The molecule has 2 bridgehead atoms. The van der Waals surface area contributed by atoms with Gasteiger partial charge in [0.2, 0.25) is 0 Å². The van der Waals surface area contributed by atoms with Gasteiger partial charge in [-0.3, -0.25) is 4.79 Å². The summed E-state index contributed by atoms with van der Waals surface area (Å²) in [6, 6.07) is 9.89. The van der Waals surface area contributed by atoms with Crippen molar-refractivity contribution in [1.82, 2.24) is 4.90 Å². The number of piperidine rings is 1. The van der Waals surface area contributed by atoms with Gasteiger partial charge in [0, 0.05) is 12.1 Å². The number of carbonyl (C=O) groups excluding carboxylic acids is 1. The average Bonchev–Trinajstić information content (AvgIpc) is 2.44. The summed E-state index contributed by atoms with van der Waals surface area (Å²) in [5.74, 6) is 0.974. The van der Waals surface area contributed by atoms with Gasteiger partial charge in [0.25, 0.3) is 5.91 Å². The fourth-order valence-electron chi connectivity index (χ4n) is 3.23. The zero-order chi connectivity index (χ0) is 12.5. The highest BCUT2D eigenvalue weighted by Gasteiger charge is 2.36. The highest BCUT2D eigenvalue weighted by molar-refractivity contribution is 5.94. The maximum atomic E-state index is 12.5. The number of benzene rings is 1.